The van der Waals surface area contributed by atoms with Crippen molar-refractivity contribution >= 4 is 11.6 Å². The minimum atomic E-state index is -0.822. The van der Waals surface area contributed by atoms with E-state index in [9.17, 15) is 19.3 Å². The second-order valence-electron chi connectivity index (χ2n) is 5.23. The van der Waals surface area contributed by atoms with Crippen LogP contribution in [0, 0.1) is 21.8 Å². The van der Waals surface area contributed by atoms with E-state index in [1.807, 2.05) is 0 Å². The van der Waals surface area contributed by atoms with Crippen molar-refractivity contribution in [3.63, 3.8) is 0 Å². The molecule has 114 valence electrons. The predicted octanol–water partition coefficient (Wildman–Crippen LogP) is 1.69. The maximum absolute atomic E-state index is 13.6. The van der Waals surface area contributed by atoms with E-state index < -0.39 is 16.4 Å². The van der Waals surface area contributed by atoms with Gasteiger partial charge in [0.25, 0.3) is 0 Å². The van der Waals surface area contributed by atoms with Crippen LogP contribution < -0.4 is 5.32 Å². The van der Waals surface area contributed by atoms with Gasteiger partial charge in [-0.2, -0.15) is 4.39 Å². The van der Waals surface area contributed by atoms with Gasteiger partial charge in [-0.15, -0.1) is 0 Å². The van der Waals surface area contributed by atoms with Crippen LogP contribution in [0.5, 0.6) is 0 Å². The Bertz CT molecular complexity index is 550. The molecule has 21 heavy (non-hydrogen) atoms. The molecule has 0 saturated carbocycles. The lowest BCUT2D eigenvalue weighted by Gasteiger charge is -2.31. The van der Waals surface area contributed by atoms with E-state index in [1.165, 1.54) is 12.1 Å². The molecule has 7 heteroatoms. The van der Waals surface area contributed by atoms with Crippen molar-refractivity contribution in [2.75, 3.05) is 20.1 Å². The van der Waals surface area contributed by atoms with Crippen molar-refractivity contribution in [3.8, 4) is 0 Å². The van der Waals surface area contributed by atoms with Gasteiger partial charge in [-0.3, -0.25) is 19.8 Å². The van der Waals surface area contributed by atoms with E-state index in [-0.39, 0.29) is 11.8 Å². The molecule has 0 bridgehead atoms. The smallest absolute Gasteiger partial charge is 0.304 e. The maximum Gasteiger partial charge on any atom is 0.304 e. The molecule has 0 aliphatic carbocycles. The highest BCUT2D eigenvalue weighted by molar-refractivity contribution is 5.78. The lowest BCUT2D eigenvalue weighted by Crippen LogP contribution is -2.41. The highest BCUT2D eigenvalue weighted by atomic mass is 19.1. The van der Waals surface area contributed by atoms with Crippen LogP contribution in [-0.2, 0) is 11.3 Å². The number of nitro groups is 1. The number of nitro benzene ring substituents is 1. The summed E-state index contributed by atoms with van der Waals surface area (Å²) in [7, 11) is 1.62. The molecule has 0 radical (unpaired) electrons. The zero-order chi connectivity index (χ0) is 15.4. The first kappa shape index (κ1) is 15.4. The van der Waals surface area contributed by atoms with Crippen LogP contribution in [0.1, 0.15) is 18.4 Å². The molecule has 0 spiro atoms. The Balaban J connectivity index is 2.03. The topological polar surface area (TPSA) is 75.5 Å². The number of nitrogens with zero attached hydrogens (tertiary/aromatic N) is 2. The fourth-order valence-corrected chi connectivity index (χ4v) is 2.67. The summed E-state index contributed by atoms with van der Waals surface area (Å²) in [5.74, 6) is -0.849. The van der Waals surface area contributed by atoms with Crippen LogP contribution in [0.25, 0.3) is 0 Å². The average molecular weight is 295 g/mol. The van der Waals surface area contributed by atoms with Crippen LogP contribution in [0.15, 0.2) is 18.2 Å². The summed E-state index contributed by atoms with van der Waals surface area (Å²) in [4.78, 5) is 23.6. The Morgan fingerprint density at radius 3 is 2.95 bits per heavy atom. The van der Waals surface area contributed by atoms with Gasteiger partial charge in [0.05, 0.1) is 10.8 Å². The Morgan fingerprint density at radius 1 is 1.57 bits per heavy atom. The van der Waals surface area contributed by atoms with Crippen LogP contribution in [0.4, 0.5) is 10.1 Å². The summed E-state index contributed by atoms with van der Waals surface area (Å²) in [6.07, 6.45) is 1.76. The van der Waals surface area contributed by atoms with E-state index in [2.05, 4.69) is 10.2 Å². The molecular weight excluding hydrogens is 277 g/mol. The zero-order valence-corrected chi connectivity index (χ0v) is 11.8. The molecule has 1 saturated heterocycles. The third-order valence-corrected chi connectivity index (χ3v) is 3.74. The number of hydrogen-bond acceptors (Lipinski definition) is 4. The molecule has 1 aliphatic heterocycles. The highest BCUT2D eigenvalue weighted by Gasteiger charge is 2.25. The van der Waals surface area contributed by atoms with Crippen LogP contribution >= 0.6 is 0 Å². The first-order chi connectivity index (χ1) is 10.0. The fourth-order valence-electron chi connectivity index (χ4n) is 2.67. The van der Waals surface area contributed by atoms with Gasteiger partial charge in [0.1, 0.15) is 0 Å². The Hall–Kier alpha value is -2.02. The number of carbonyl (C=O) groups is 1. The van der Waals surface area contributed by atoms with E-state index in [4.69, 9.17) is 0 Å². The molecule has 1 aliphatic rings. The molecule has 1 aromatic carbocycles. The van der Waals surface area contributed by atoms with Crippen molar-refractivity contribution in [1.82, 2.24) is 10.2 Å². The monoisotopic (exact) mass is 295 g/mol. The van der Waals surface area contributed by atoms with E-state index >= 15 is 0 Å². The van der Waals surface area contributed by atoms with Crippen molar-refractivity contribution in [3.05, 3.63) is 39.7 Å². The maximum atomic E-state index is 13.6. The van der Waals surface area contributed by atoms with Gasteiger partial charge in [-0.25, -0.2) is 0 Å². The molecule has 6 nitrogen and oxygen atoms in total. The first-order valence-electron chi connectivity index (χ1n) is 6.88. The van der Waals surface area contributed by atoms with E-state index in [0.717, 1.165) is 19.4 Å². The number of likely N-dealkylation sites (tertiary alicyclic amines) is 1. The second-order valence-corrected chi connectivity index (χ2v) is 5.23. The first-order valence-corrected chi connectivity index (χ1v) is 6.88. The summed E-state index contributed by atoms with van der Waals surface area (Å²) in [6.45, 7) is 1.95. The summed E-state index contributed by atoms with van der Waals surface area (Å²) < 4.78 is 13.6. The number of halogens is 1. The highest BCUT2D eigenvalue weighted by Crippen LogP contribution is 2.22. The van der Waals surface area contributed by atoms with Crippen molar-refractivity contribution in [2.45, 2.75) is 19.4 Å². The molecular formula is C14H18FN3O3. The van der Waals surface area contributed by atoms with E-state index in [1.54, 1.807) is 13.1 Å². The van der Waals surface area contributed by atoms with Crippen LogP contribution in [0.2, 0.25) is 0 Å². The number of carbonyl (C=O) groups excluding carboxylic acids is 1. The zero-order valence-electron chi connectivity index (χ0n) is 11.8. The Kier molecular flexibility index (Phi) is 4.85. The third kappa shape index (κ3) is 3.75. The molecule has 2 rings (SSSR count). The molecule has 1 aromatic rings. The normalized spacial score (nSPS) is 19.2. The van der Waals surface area contributed by atoms with Crippen molar-refractivity contribution < 1.29 is 14.1 Å². The third-order valence-electron chi connectivity index (χ3n) is 3.74. The van der Waals surface area contributed by atoms with Gasteiger partial charge < -0.3 is 5.32 Å². The van der Waals surface area contributed by atoms with Crippen molar-refractivity contribution in [1.29, 1.82) is 0 Å². The molecule has 1 heterocycles. The predicted molar refractivity (Wildman–Crippen MR) is 75.1 cm³/mol. The number of hydrogen-bond donors (Lipinski definition) is 1. The van der Waals surface area contributed by atoms with Gasteiger partial charge in [0, 0.05) is 26.2 Å². The van der Waals surface area contributed by atoms with Crippen LogP contribution in [-0.4, -0.2) is 35.9 Å². The lowest BCUT2D eigenvalue weighted by molar-refractivity contribution is -0.387. The molecule has 1 amide bonds. The van der Waals surface area contributed by atoms with Gasteiger partial charge in [-0.1, -0.05) is 6.07 Å². The van der Waals surface area contributed by atoms with Gasteiger partial charge in [-0.05, 0) is 31.0 Å². The largest absolute Gasteiger partial charge is 0.359 e. The number of nitrogens with one attached hydrogen (secondary N) is 1. The van der Waals surface area contributed by atoms with Crippen molar-refractivity contribution in [2.24, 2.45) is 5.92 Å². The number of amides is 1. The standard InChI is InChI=1S/C14H18FN3O3/c1-16-14(19)11-3-2-6-17(9-11)8-10-4-5-13(18(20)21)12(15)7-10/h4-5,7,11H,2-3,6,8-9H2,1H3,(H,16,19). The molecule has 1 fully saturated rings. The summed E-state index contributed by atoms with van der Waals surface area (Å²) in [5.41, 5.74) is 0.163. The number of benzene rings is 1. The minimum Gasteiger partial charge on any atom is -0.359 e. The van der Waals surface area contributed by atoms with Gasteiger partial charge >= 0.3 is 5.69 Å². The fraction of sp³-hybridized carbons (Fsp3) is 0.500. The lowest BCUT2D eigenvalue weighted by atomic mass is 9.97. The number of piperidine rings is 1. The van der Waals surface area contributed by atoms with Gasteiger partial charge in [0.2, 0.25) is 11.7 Å². The SMILES string of the molecule is CNC(=O)C1CCCN(Cc2ccc([N+](=O)[O-])c(F)c2)C1. The molecule has 1 N–H and O–H groups in total. The Morgan fingerprint density at radius 2 is 2.33 bits per heavy atom. The second kappa shape index (κ2) is 6.62. The molecule has 1 atom stereocenters. The quantitative estimate of drug-likeness (QED) is 0.677. The number of rotatable bonds is 4. The summed E-state index contributed by atoms with van der Waals surface area (Å²) in [6, 6.07) is 3.94. The summed E-state index contributed by atoms with van der Waals surface area (Å²) >= 11 is 0. The minimum absolute atomic E-state index is 0.0228. The Labute approximate surface area is 122 Å². The van der Waals surface area contributed by atoms with E-state index in [0.29, 0.717) is 18.7 Å². The summed E-state index contributed by atoms with van der Waals surface area (Å²) in [5, 5.41) is 13.2. The van der Waals surface area contributed by atoms with Crippen LogP contribution in [0.3, 0.4) is 0 Å². The average Bonchev–Trinajstić information content (AvgIpc) is 2.46. The van der Waals surface area contributed by atoms with Gasteiger partial charge in [0.15, 0.2) is 0 Å². The molecule has 0 aromatic heterocycles. The molecule has 1 unspecified atom stereocenters.